The van der Waals surface area contributed by atoms with E-state index in [1.165, 1.54) is 18.2 Å². The Hall–Kier alpha value is -2.50. The molecule has 2 aliphatic rings. The Labute approximate surface area is 119 Å². The minimum absolute atomic E-state index is 0.0254. The molecule has 5 heteroatoms. The van der Waals surface area contributed by atoms with Gasteiger partial charge in [0.2, 0.25) is 0 Å². The third kappa shape index (κ3) is 1.53. The van der Waals surface area contributed by atoms with E-state index in [4.69, 9.17) is 0 Å². The molecule has 21 heavy (non-hydrogen) atoms. The molecule has 0 amide bonds. The predicted molar refractivity (Wildman–Crippen MR) is 78.6 cm³/mol. The van der Waals surface area contributed by atoms with Gasteiger partial charge in [0.1, 0.15) is 12.2 Å². The lowest BCUT2D eigenvalue weighted by Crippen LogP contribution is -2.27. The van der Waals surface area contributed by atoms with Gasteiger partial charge in [-0.2, -0.15) is 0 Å². The number of fused-ring (bicyclic) bond motifs is 2. The van der Waals surface area contributed by atoms with Crippen molar-refractivity contribution in [3.05, 3.63) is 63.7 Å². The number of nitrogens with zero attached hydrogens (tertiary/aromatic N) is 1. The van der Waals surface area contributed by atoms with Gasteiger partial charge in [0.15, 0.2) is 0 Å². The fourth-order valence-electron chi connectivity index (χ4n) is 3.21. The minimum Gasteiger partial charge on any atom is -0.386 e. The molecule has 0 spiro atoms. The minimum atomic E-state index is -1.01. The number of hydrogen-bond donors (Lipinski definition) is 2. The molecule has 5 nitrogen and oxygen atoms in total. The second-order valence-corrected chi connectivity index (χ2v) is 5.28. The van der Waals surface area contributed by atoms with Gasteiger partial charge < -0.3 is 10.2 Å². The highest BCUT2D eigenvalue weighted by Gasteiger charge is 2.33. The van der Waals surface area contributed by atoms with Crippen LogP contribution < -0.4 is 0 Å². The van der Waals surface area contributed by atoms with Crippen LogP contribution in [0.1, 0.15) is 11.1 Å². The molecule has 0 saturated carbocycles. The fraction of sp³-hybridized carbons (Fsp3) is 0.125. The van der Waals surface area contributed by atoms with Gasteiger partial charge in [-0.25, -0.2) is 0 Å². The summed E-state index contributed by atoms with van der Waals surface area (Å²) in [5, 5.41) is 32.8. The van der Waals surface area contributed by atoms with Gasteiger partial charge in [-0.05, 0) is 33.0 Å². The van der Waals surface area contributed by atoms with Crippen LogP contribution in [-0.4, -0.2) is 27.3 Å². The molecular weight excluding hydrogens is 270 g/mol. The number of nitro benzene ring substituents is 1. The van der Waals surface area contributed by atoms with Gasteiger partial charge >= 0.3 is 0 Å². The van der Waals surface area contributed by atoms with E-state index in [1.807, 2.05) is 12.1 Å². The Bertz CT molecular complexity index is 866. The number of benzene rings is 2. The van der Waals surface area contributed by atoms with Gasteiger partial charge in [-0.3, -0.25) is 10.1 Å². The molecule has 0 heterocycles. The number of aliphatic hydroxyl groups is 2. The first kappa shape index (κ1) is 12.3. The molecule has 2 aromatic carbocycles. The monoisotopic (exact) mass is 281 g/mol. The third-order valence-electron chi connectivity index (χ3n) is 4.12. The predicted octanol–water partition coefficient (Wildman–Crippen LogP) is 2.26. The highest BCUT2D eigenvalue weighted by atomic mass is 16.6. The summed E-state index contributed by atoms with van der Waals surface area (Å²) in [6, 6.07) is 8.56. The van der Waals surface area contributed by atoms with Crippen molar-refractivity contribution in [2.45, 2.75) is 12.2 Å². The van der Waals surface area contributed by atoms with Crippen LogP contribution >= 0.6 is 0 Å². The molecule has 0 aliphatic heterocycles. The van der Waals surface area contributed by atoms with E-state index in [2.05, 4.69) is 0 Å². The zero-order valence-corrected chi connectivity index (χ0v) is 10.9. The van der Waals surface area contributed by atoms with Crippen molar-refractivity contribution in [3.63, 3.8) is 0 Å². The quantitative estimate of drug-likeness (QED) is 0.620. The van der Waals surface area contributed by atoms with Crippen LogP contribution in [0.3, 0.4) is 0 Å². The van der Waals surface area contributed by atoms with Gasteiger partial charge in [0.05, 0.1) is 4.92 Å². The molecule has 2 aliphatic carbocycles. The molecule has 0 aromatic heterocycles. The summed E-state index contributed by atoms with van der Waals surface area (Å²) in [6.45, 7) is 0. The van der Waals surface area contributed by atoms with E-state index in [0.717, 1.165) is 27.5 Å². The lowest BCUT2D eigenvalue weighted by atomic mass is 9.91. The first-order valence-electron chi connectivity index (χ1n) is 6.58. The number of nitro groups is 1. The van der Waals surface area contributed by atoms with E-state index >= 15 is 0 Å². The summed E-state index contributed by atoms with van der Waals surface area (Å²) in [5.74, 6) is 0. The molecule has 2 aromatic rings. The van der Waals surface area contributed by atoms with E-state index in [1.54, 1.807) is 12.1 Å². The number of rotatable bonds is 1. The molecule has 0 radical (unpaired) electrons. The molecule has 4 rings (SSSR count). The van der Waals surface area contributed by atoms with Crippen LogP contribution in [0.5, 0.6) is 0 Å². The van der Waals surface area contributed by atoms with Gasteiger partial charge in [0.25, 0.3) is 5.69 Å². The Balaban J connectivity index is 2.10. The van der Waals surface area contributed by atoms with E-state index in [9.17, 15) is 20.3 Å². The Morgan fingerprint density at radius 1 is 1.14 bits per heavy atom. The molecule has 0 fully saturated rings. The smallest absolute Gasteiger partial charge is 0.270 e. The lowest BCUT2D eigenvalue weighted by Gasteiger charge is -2.22. The van der Waals surface area contributed by atoms with E-state index in [-0.39, 0.29) is 5.69 Å². The second kappa shape index (κ2) is 4.00. The molecule has 0 saturated heterocycles. The first-order chi connectivity index (χ1) is 10.1. The van der Waals surface area contributed by atoms with Crippen LogP contribution in [0.15, 0.2) is 42.5 Å². The van der Waals surface area contributed by atoms with Crippen LogP contribution in [0.2, 0.25) is 0 Å². The van der Waals surface area contributed by atoms with E-state index < -0.39 is 17.1 Å². The SMILES string of the molecule is O=[N+]([O-])c1cc2c3c(cccc3c1)C1=C2C=CC(O)C1O. The summed E-state index contributed by atoms with van der Waals surface area (Å²) < 4.78 is 0. The Kier molecular flexibility index (Phi) is 2.34. The van der Waals surface area contributed by atoms with Crippen LogP contribution in [-0.2, 0) is 0 Å². The highest BCUT2D eigenvalue weighted by Crippen LogP contribution is 2.47. The number of non-ortho nitro benzene ring substituents is 1. The first-order valence-corrected chi connectivity index (χ1v) is 6.58. The maximum absolute atomic E-state index is 11.1. The number of hydrogen-bond acceptors (Lipinski definition) is 4. The Morgan fingerprint density at radius 2 is 1.95 bits per heavy atom. The van der Waals surface area contributed by atoms with Crippen molar-refractivity contribution in [2.24, 2.45) is 0 Å². The molecule has 0 bridgehead atoms. The largest absolute Gasteiger partial charge is 0.386 e. The maximum Gasteiger partial charge on any atom is 0.270 e. The summed E-state index contributed by atoms with van der Waals surface area (Å²) in [6.07, 6.45) is 1.27. The summed E-state index contributed by atoms with van der Waals surface area (Å²) >= 11 is 0. The van der Waals surface area contributed by atoms with Gasteiger partial charge in [-0.1, -0.05) is 30.4 Å². The summed E-state index contributed by atoms with van der Waals surface area (Å²) in [4.78, 5) is 10.7. The molecule has 2 unspecified atom stereocenters. The molecular formula is C16H11NO4. The average molecular weight is 281 g/mol. The summed E-state index contributed by atoms with van der Waals surface area (Å²) in [7, 11) is 0. The number of allylic oxidation sites excluding steroid dienone is 2. The Morgan fingerprint density at radius 3 is 2.71 bits per heavy atom. The highest BCUT2D eigenvalue weighted by molar-refractivity contribution is 6.17. The standard InChI is InChI=1S/C16H11NO4/c18-13-5-4-10-12-7-9(17(20)21)6-8-2-1-3-11(14(8)12)15(10)16(13)19/h1-7,13,16,18-19H. The topological polar surface area (TPSA) is 83.6 Å². The van der Waals surface area contributed by atoms with Crippen LogP contribution in [0, 0.1) is 10.1 Å². The molecule has 104 valence electrons. The van der Waals surface area contributed by atoms with Crippen molar-refractivity contribution in [3.8, 4) is 0 Å². The fourth-order valence-corrected chi connectivity index (χ4v) is 3.21. The molecule has 2 N–H and O–H groups in total. The number of aliphatic hydroxyl groups excluding tert-OH is 2. The van der Waals surface area contributed by atoms with Crippen LogP contribution in [0.25, 0.3) is 21.9 Å². The zero-order chi connectivity index (χ0) is 14.7. The summed E-state index contributed by atoms with van der Waals surface area (Å²) in [5.41, 5.74) is 3.00. The normalized spacial score (nSPS) is 22.8. The maximum atomic E-state index is 11.1. The zero-order valence-electron chi connectivity index (χ0n) is 10.9. The van der Waals surface area contributed by atoms with Crippen molar-refractivity contribution in [1.29, 1.82) is 0 Å². The van der Waals surface area contributed by atoms with Crippen LogP contribution in [0.4, 0.5) is 5.69 Å². The lowest BCUT2D eigenvalue weighted by molar-refractivity contribution is -0.384. The van der Waals surface area contributed by atoms with Crippen molar-refractivity contribution in [2.75, 3.05) is 0 Å². The van der Waals surface area contributed by atoms with Gasteiger partial charge in [0, 0.05) is 12.1 Å². The van der Waals surface area contributed by atoms with Gasteiger partial charge in [-0.15, -0.1) is 0 Å². The van der Waals surface area contributed by atoms with Crippen molar-refractivity contribution >= 4 is 27.6 Å². The van der Waals surface area contributed by atoms with Crippen molar-refractivity contribution in [1.82, 2.24) is 0 Å². The van der Waals surface area contributed by atoms with Crippen molar-refractivity contribution < 1.29 is 15.1 Å². The van der Waals surface area contributed by atoms with E-state index in [0.29, 0.717) is 5.57 Å². The third-order valence-corrected chi connectivity index (χ3v) is 4.12. The second-order valence-electron chi connectivity index (χ2n) is 5.28. The average Bonchev–Trinajstić information content (AvgIpc) is 2.79. The molecule has 2 atom stereocenters.